The number of anilines is 2. The molecule has 2 saturated heterocycles. The van der Waals surface area contributed by atoms with Crippen LogP contribution in [0.2, 0.25) is 5.02 Å². The minimum atomic E-state index is 0.129. The highest BCUT2D eigenvalue weighted by molar-refractivity contribution is 6.31. The van der Waals surface area contributed by atoms with Crippen LogP contribution in [0.3, 0.4) is 0 Å². The molecule has 1 amide bonds. The van der Waals surface area contributed by atoms with E-state index in [0.29, 0.717) is 24.5 Å². The van der Waals surface area contributed by atoms with E-state index in [1.54, 1.807) is 6.33 Å². The van der Waals surface area contributed by atoms with Crippen molar-refractivity contribution in [1.29, 1.82) is 0 Å². The van der Waals surface area contributed by atoms with Crippen molar-refractivity contribution >= 4 is 29.1 Å². The molecule has 0 bridgehead atoms. The zero-order valence-corrected chi connectivity index (χ0v) is 16.8. The number of amides is 1. The number of piperidine rings is 1. The molecule has 0 spiro atoms. The topological polar surface area (TPSA) is 52.6 Å². The van der Waals surface area contributed by atoms with Gasteiger partial charge in [-0.15, -0.1) is 0 Å². The molecule has 2 fully saturated rings. The van der Waals surface area contributed by atoms with Crippen molar-refractivity contribution in [2.75, 3.05) is 49.1 Å². The first-order valence-electron chi connectivity index (χ1n) is 10.0. The van der Waals surface area contributed by atoms with Crippen molar-refractivity contribution in [3.8, 4) is 0 Å². The predicted octanol–water partition coefficient (Wildman–Crippen LogP) is 3.01. The lowest BCUT2D eigenvalue weighted by atomic mass is 10.1. The molecule has 0 aliphatic carbocycles. The fourth-order valence-electron chi connectivity index (χ4n) is 3.91. The molecule has 0 radical (unpaired) electrons. The third-order valence-corrected chi connectivity index (χ3v) is 5.94. The molecule has 4 rings (SSSR count). The van der Waals surface area contributed by atoms with Crippen molar-refractivity contribution in [1.82, 2.24) is 14.9 Å². The molecule has 3 heterocycles. The van der Waals surface area contributed by atoms with Gasteiger partial charge in [-0.1, -0.05) is 29.8 Å². The first-order chi connectivity index (χ1) is 13.7. The largest absolute Gasteiger partial charge is 0.356 e. The zero-order valence-electron chi connectivity index (χ0n) is 16.1. The summed E-state index contributed by atoms with van der Waals surface area (Å²) in [5.41, 5.74) is 0.888. The highest BCUT2D eigenvalue weighted by Crippen LogP contribution is 2.22. The van der Waals surface area contributed by atoms with Gasteiger partial charge < -0.3 is 14.7 Å². The number of benzene rings is 1. The molecular formula is C21H26ClN5O. The summed E-state index contributed by atoms with van der Waals surface area (Å²) in [7, 11) is 0. The Morgan fingerprint density at radius 3 is 2.21 bits per heavy atom. The number of nitrogens with zero attached hydrogens (tertiary/aromatic N) is 5. The van der Waals surface area contributed by atoms with Gasteiger partial charge in [-0.05, 0) is 30.9 Å². The van der Waals surface area contributed by atoms with Gasteiger partial charge in [-0.25, -0.2) is 9.97 Å². The fraction of sp³-hybridized carbons (Fsp3) is 0.476. The van der Waals surface area contributed by atoms with Crippen LogP contribution in [0.5, 0.6) is 0 Å². The normalized spacial score (nSPS) is 17.7. The number of hydrogen-bond acceptors (Lipinski definition) is 5. The smallest absolute Gasteiger partial charge is 0.227 e. The molecule has 1 aromatic heterocycles. The Kier molecular flexibility index (Phi) is 5.95. The van der Waals surface area contributed by atoms with E-state index < -0.39 is 0 Å². The number of carbonyl (C=O) groups is 1. The Hall–Kier alpha value is -2.34. The minimum Gasteiger partial charge on any atom is -0.356 e. The molecule has 6 nitrogen and oxygen atoms in total. The average molecular weight is 400 g/mol. The number of halogens is 1. The van der Waals surface area contributed by atoms with E-state index in [1.807, 2.05) is 29.2 Å². The molecule has 148 valence electrons. The fourth-order valence-corrected chi connectivity index (χ4v) is 4.11. The van der Waals surface area contributed by atoms with Crippen LogP contribution in [0.25, 0.3) is 0 Å². The third kappa shape index (κ3) is 4.38. The van der Waals surface area contributed by atoms with Gasteiger partial charge in [0.1, 0.15) is 18.0 Å². The van der Waals surface area contributed by atoms with E-state index in [2.05, 4.69) is 25.8 Å². The highest BCUT2D eigenvalue weighted by atomic mass is 35.5. The Morgan fingerprint density at radius 1 is 0.893 bits per heavy atom. The van der Waals surface area contributed by atoms with Crippen LogP contribution in [0.15, 0.2) is 36.7 Å². The zero-order chi connectivity index (χ0) is 19.3. The first kappa shape index (κ1) is 19.0. The van der Waals surface area contributed by atoms with Crippen LogP contribution in [-0.2, 0) is 11.2 Å². The first-order valence-corrected chi connectivity index (χ1v) is 10.4. The van der Waals surface area contributed by atoms with Gasteiger partial charge in [0.15, 0.2) is 0 Å². The molecule has 7 heteroatoms. The van der Waals surface area contributed by atoms with Gasteiger partial charge >= 0.3 is 0 Å². The summed E-state index contributed by atoms with van der Waals surface area (Å²) in [4.78, 5) is 28.1. The summed E-state index contributed by atoms with van der Waals surface area (Å²) < 4.78 is 0. The maximum absolute atomic E-state index is 12.6. The van der Waals surface area contributed by atoms with Crippen molar-refractivity contribution in [3.63, 3.8) is 0 Å². The lowest BCUT2D eigenvalue weighted by molar-refractivity contribution is -0.130. The highest BCUT2D eigenvalue weighted by Gasteiger charge is 2.23. The van der Waals surface area contributed by atoms with Crippen LogP contribution >= 0.6 is 11.6 Å². The van der Waals surface area contributed by atoms with E-state index in [-0.39, 0.29) is 5.91 Å². The van der Waals surface area contributed by atoms with Crippen molar-refractivity contribution in [3.05, 3.63) is 47.2 Å². The van der Waals surface area contributed by atoms with Crippen molar-refractivity contribution in [2.45, 2.75) is 25.7 Å². The maximum Gasteiger partial charge on any atom is 0.227 e. The van der Waals surface area contributed by atoms with Crippen LogP contribution in [0.1, 0.15) is 24.8 Å². The molecular weight excluding hydrogens is 374 g/mol. The van der Waals surface area contributed by atoms with E-state index >= 15 is 0 Å². The Labute approximate surface area is 171 Å². The molecule has 0 unspecified atom stereocenters. The SMILES string of the molecule is O=C(Cc1ccccc1Cl)N1CCN(c2cc(N3CCCCC3)ncn2)CC1. The minimum absolute atomic E-state index is 0.129. The number of piperazine rings is 1. The second kappa shape index (κ2) is 8.78. The average Bonchev–Trinajstić information content (AvgIpc) is 2.76. The molecule has 0 N–H and O–H groups in total. The second-order valence-electron chi connectivity index (χ2n) is 7.42. The third-order valence-electron chi connectivity index (χ3n) is 5.57. The van der Waals surface area contributed by atoms with Crippen LogP contribution in [0.4, 0.5) is 11.6 Å². The Balaban J connectivity index is 1.35. The summed E-state index contributed by atoms with van der Waals surface area (Å²) >= 11 is 6.19. The summed E-state index contributed by atoms with van der Waals surface area (Å²) in [5, 5.41) is 0.653. The van der Waals surface area contributed by atoms with Gasteiger partial charge in [0.2, 0.25) is 5.91 Å². The standard InChI is InChI=1S/C21H26ClN5O/c22-18-7-3-2-6-17(18)14-21(28)27-12-10-26(11-13-27)20-15-19(23-16-24-20)25-8-4-1-5-9-25/h2-3,6-7,15-16H,1,4-5,8-14H2. The number of rotatable bonds is 4. The van der Waals surface area contributed by atoms with Crippen LogP contribution in [-0.4, -0.2) is 60.0 Å². The Bertz CT molecular complexity index is 816. The molecule has 2 aliphatic heterocycles. The molecule has 1 aromatic carbocycles. The van der Waals surface area contributed by atoms with Crippen molar-refractivity contribution < 1.29 is 4.79 Å². The molecule has 0 saturated carbocycles. The summed E-state index contributed by atoms with van der Waals surface area (Å²) in [6.45, 7) is 5.11. The lowest BCUT2D eigenvalue weighted by Gasteiger charge is -2.36. The quantitative estimate of drug-likeness (QED) is 0.791. The molecule has 2 aromatic rings. The van der Waals surface area contributed by atoms with Crippen LogP contribution in [0, 0.1) is 0 Å². The number of carbonyl (C=O) groups excluding carboxylic acids is 1. The Morgan fingerprint density at radius 2 is 1.54 bits per heavy atom. The van der Waals surface area contributed by atoms with Gasteiger partial charge in [0, 0.05) is 50.4 Å². The van der Waals surface area contributed by atoms with Gasteiger partial charge in [0.05, 0.1) is 6.42 Å². The maximum atomic E-state index is 12.6. The van der Waals surface area contributed by atoms with E-state index in [4.69, 9.17) is 11.6 Å². The summed E-state index contributed by atoms with van der Waals surface area (Å²) in [6.07, 6.45) is 5.77. The van der Waals surface area contributed by atoms with Gasteiger partial charge in [-0.2, -0.15) is 0 Å². The predicted molar refractivity (Wildman–Crippen MR) is 112 cm³/mol. The number of hydrogen-bond donors (Lipinski definition) is 0. The summed E-state index contributed by atoms with van der Waals surface area (Å²) in [6, 6.07) is 9.64. The monoisotopic (exact) mass is 399 g/mol. The van der Waals surface area contributed by atoms with Crippen molar-refractivity contribution in [2.24, 2.45) is 0 Å². The van der Waals surface area contributed by atoms with Gasteiger partial charge in [0.25, 0.3) is 0 Å². The molecule has 2 aliphatic rings. The van der Waals surface area contributed by atoms with E-state index in [9.17, 15) is 4.79 Å². The summed E-state index contributed by atoms with van der Waals surface area (Å²) in [5.74, 6) is 2.10. The van der Waals surface area contributed by atoms with E-state index in [1.165, 1.54) is 19.3 Å². The van der Waals surface area contributed by atoms with Crippen LogP contribution < -0.4 is 9.80 Å². The molecule has 28 heavy (non-hydrogen) atoms. The second-order valence-corrected chi connectivity index (χ2v) is 7.83. The van der Waals surface area contributed by atoms with E-state index in [0.717, 1.165) is 43.4 Å². The molecule has 0 atom stereocenters. The van der Waals surface area contributed by atoms with Gasteiger partial charge in [-0.3, -0.25) is 4.79 Å². The lowest BCUT2D eigenvalue weighted by Crippen LogP contribution is -2.49. The number of aromatic nitrogens is 2.